The molecule has 8 heteroatoms. The third-order valence-electron chi connectivity index (χ3n) is 8.08. The number of rotatable bonds is 6. The predicted octanol–water partition coefficient (Wildman–Crippen LogP) is 6.08. The number of fused-ring (bicyclic) bond motifs is 1. The fourth-order valence-electron chi connectivity index (χ4n) is 5.74. The van der Waals surface area contributed by atoms with Gasteiger partial charge in [-0.05, 0) is 57.2 Å². The summed E-state index contributed by atoms with van der Waals surface area (Å²) in [6.45, 7) is 9.49. The van der Waals surface area contributed by atoms with Gasteiger partial charge in [0.15, 0.2) is 6.61 Å². The van der Waals surface area contributed by atoms with E-state index in [-0.39, 0.29) is 17.9 Å². The lowest BCUT2D eigenvalue weighted by Gasteiger charge is -2.43. The molecule has 1 N–H and O–H groups in total. The summed E-state index contributed by atoms with van der Waals surface area (Å²) >= 11 is 0. The van der Waals surface area contributed by atoms with Crippen molar-refractivity contribution >= 4 is 17.7 Å². The van der Waals surface area contributed by atoms with Crippen LogP contribution in [0.4, 0.5) is 10.5 Å². The molecular formula is C33H37N3O5. The van der Waals surface area contributed by atoms with Crippen LogP contribution in [-0.2, 0) is 19.8 Å². The topological polar surface area (TPSA) is 90.0 Å². The molecule has 214 valence electrons. The van der Waals surface area contributed by atoms with Gasteiger partial charge in [0, 0.05) is 23.1 Å². The van der Waals surface area contributed by atoms with Gasteiger partial charge < -0.3 is 24.4 Å². The summed E-state index contributed by atoms with van der Waals surface area (Å²) in [7, 11) is 0. The van der Waals surface area contributed by atoms with Crippen LogP contribution >= 0.6 is 0 Å². The standard InChI is InChI=1S/C33H37N3O5/c1-31(2,3)41-30(38)35-33(15-8-16-33)24-13-11-23(12-14-24)28-25(22-9-6-5-7-10-22)17-26-29(34-28)40-18-27(37)36(26)19-32(4)20-39-21-32/h5-7,9-14,17H,8,15-16,18-21H2,1-4H3,(H,35,38). The summed E-state index contributed by atoms with van der Waals surface area (Å²) in [5.74, 6) is 0.376. The predicted molar refractivity (Wildman–Crippen MR) is 157 cm³/mol. The Bertz CT molecular complexity index is 1450. The van der Waals surface area contributed by atoms with Crippen molar-refractivity contribution in [3.63, 3.8) is 0 Å². The Balaban J connectivity index is 1.36. The van der Waals surface area contributed by atoms with E-state index in [1.807, 2.05) is 69.3 Å². The first-order chi connectivity index (χ1) is 19.5. The number of benzene rings is 2. The van der Waals surface area contributed by atoms with Gasteiger partial charge in [0.25, 0.3) is 5.91 Å². The van der Waals surface area contributed by atoms with Crippen LogP contribution in [0.5, 0.6) is 5.88 Å². The Morgan fingerprint density at radius 3 is 2.34 bits per heavy atom. The Morgan fingerprint density at radius 2 is 1.76 bits per heavy atom. The van der Waals surface area contributed by atoms with Crippen LogP contribution in [0, 0.1) is 5.41 Å². The molecule has 2 amide bonds. The molecule has 0 bridgehead atoms. The highest BCUT2D eigenvalue weighted by molar-refractivity contribution is 5.99. The second kappa shape index (κ2) is 10.2. The van der Waals surface area contributed by atoms with Crippen molar-refractivity contribution in [2.75, 3.05) is 31.3 Å². The molecule has 3 aromatic rings. The van der Waals surface area contributed by atoms with E-state index in [4.69, 9.17) is 19.2 Å². The smallest absolute Gasteiger partial charge is 0.408 e. The lowest BCUT2D eigenvalue weighted by molar-refractivity contribution is -0.125. The number of pyridine rings is 1. The van der Waals surface area contributed by atoms with Crippen molar-refractivity contribution in [3.8, 4) is 28.3 Å². The molecule has 1 saturated heterocycles. The van der Waals surface area contributed by atoms with E-state index in [1.165, 1.54) is 0 Å². The van der Waals surface area contributed by atoms with E-state index in [0.717, 1.165) is 47.2 Å². The van der Waals surface area contributed by atoms with E-state index in [2.05, 4.69) is 24.4 Å². The van der Waals surface area contributed by atoms with Crippen LogP contribution in [0.25, 0.3) is 22.4 Å². The van der Waals surface area contributed by atoms with Gasteiger partial charge in [0.1, 0.15) is 11.3 Å². The lowest BCUT2D eigenvalue weighted by Crippen LogP contribution is -2.52. The minimum absolute atomic E-state index is 0.0428. The average Bonchev–Trinajstić information content (AvgIpc) is 2.90. The van der Waals surface area contributed by atoms with Gasteiger partial charge in [-0.3, -0.25) is 4.79 Å². The number of ether oxygens (including phenoxy) is 3. The first-order valence-electron chi connectivity index (χ1n) is 14.3. The molecule has 0 radical (unpaired) electrons. The Morgan fingerprint density at radius 1 is 1.05 bits per heavy atom. The molecule has 41 heavy (non-hydrogen) atoms. The van der Waals surface area contributed by atoms with Gasteiger partial charge in [0.2, 0.25) is 5.88 Å². The van der Waals surface area contributed by atoms with Crippen molar-refractivity contribution < 1.29 is 23.8 Å². The fourth-order valence-corrected chi connectivity index (χ4v) is 5.74. The molecule has 2 fully saturated rings. The Hall–Kier alpha value is -3.91. The van der Waals surface area contributed by atoms with Crippen LogP contribution in [0.3, 0.4) is 0 Å². The number of hydrogen-bond donors (Lipinski definition) is 1. The molecule has 2 aliphatic heterocycles. The molecule has 1 saturated carbocycles. The van der Waals surface area contributed by atoms with Gasteiger partial charge in [-0.15, -0.1) is 0 Å². The van der Waals surface area contributed by atoms with Gasteiger partial charge in [-0.25, -0.2) is 9.78 Å². The molecule has 1 aliphatic carbocycles. The van der Waals surface area contributed by atoms with E-state index in [1.54, 1.807) is 4.90 Å². The summed E-state index contributed by atoms with van der Waals surface area (Å²) in [4.78, 5) is 32.4. The number of alkyl carbamates (subject to hydrolysis) is 1. The molecule has 3 heterocycles. The minimum Gasteiger partial charge on any atom is -0.466 e. The van der Waals surface area contributed by atoms with E-state index in [0.29, 0.717) is 31.3 Å². The molecule has 8 nitrogen and oxygen atoms in total. The van der Waals surface area contributed by atoms with Crippen LogP contribution in [0.15, 0.2) is 60.7 Å². The van der Waals surface area contributed by atoms with Crippen molar-refractivity contribution in [3.05, 3.63) is 66.2 Å². The number of hydrogen-bond acceptors (Lipinski definition) is 6. The molecule has 0 atom stereocenters. The van der Waals surface area contributed by atoms with Crippen molar-refractivity contribution in [1.29, 1.82) is 0 Å². The maximum atomic E-state index is 13.0. The zero-order valence-electron chi connectivity index (χ0n) is 24.2. The quantitative estimate of drug-likeness (QED) is 0.396. The van der Waals surface area contributed by atoms with Gasteiger partial charge in [-0.2, -0.15) is 0 Å². The van der Waals surface area contributed by atoms with Crippen molar-refractivity contribution in [2.24, 2.45) is 5.41 Å². The number of amides is 2. The Kier molecular flexibility index (Phi) is 6.77. The van der Waals surface area contributed by atoms with Gasteiger partial charge >= 0.3 is 6.09 Å². The summed E-state index contributed by atoms with van der Waals surface area (Å²) < 4.78 is 16.9. The van der Waals surface area contributed by atoms with Crippen LogP contribution in [0.2, 0.25) is 0 Å². The zero-order chi connectivity index (χ0) is 28.8. The van der Waals surface area contributed by atoms with Crippen molar-refractivity contribution in [2.45, 2.75) is 58.1 Å². The first-order valence-corrected chi connectivity index (χ1v) is 14.3. The molecule has 2 aromatic carbocycles. The van der Waals surface area contributed by atoms with Gasteiger partial charge in [-0.1, -0.05) is 61.5 Å². The normalized spacial score (nSPS) is 18.8. The van der Waals surface area contributed by atoms with Gasteiger partial charge in [0.05, 0.1) is 24.4 Å². The SMILES string of the molecule is CC1(CN2C(=O)COc3nc(-c4ccc(C5(NC(=O)OC(C)(C)C)CCC5)cc4)c(-c4ccccc4)cc32)COC1. The Labute approximate surface area is 241 Å². The summed E-state index contributed by atoms with van der Waals surface area (Å²) in [6, 6.07) is 20.3. The van der Waals surface area contributed by atoms with Crippen LogP contribution in [-0.4, -0.2) is 49.0 Å². The highest BCUT2D eigenvalue weighted by Crippen LogP contribution is 2.44. The highest BCUT2D eigenvalue weighted by atomic mass is 16.6. The largest absolute Gasteiger partial charge is 0.466 e. The highest BCUT2D eigenvalue weighted by Gasteiger charge is 2.42. The second-order valence-electron chi connectivity index (χ2n) is 12.8. The third kappa shape index (κ3) is 5.40. The monoisotopic (exact) mass is 555 g/mol. The van der Waals surface area contributed by atoms with Crippen LogP contribution in [0.1, 0.15) is 52.5 Å². The summed E-state index contributed by atoms with van der Waals surface area (Å²) in [5, 5.41) is 3.13. The number of carbonyl (C=O) groups excluding carboxylic acids is 2. The first kappa shape index (κ1) is 27.3. The molecule has 0 unspecified atom stereocenters. The zero-order valence-corrected chi connectivity index (χ0v) is 24.2. The molecule has 0 spiro atoms. The lowest BCUT2D eigenvalue weighted by atomic mass is 9.71. The third-order valence-corrected chi connectivity index (χ3v) is 8.08. The minimum atomic E-state index is -0.559. The summed E-state index contributed by atoms with van der Waals surface area (Å²) in [5.41, 5.74) is 4.27. The molecule has 1 aromatic heterocycles. The summed E-state index contributed by atoms with van der Waals surface area (Å²) in [6.07, 6.45) is 2.36. The number of nitrogens with zero attached hydrogens (tertiary/aromatic N) is 2. The number of carbonyl (C=O) groups is 2. The van der Waals surface area contributed by atoms with E-state index < -0.39 is 17.2 Å². The number of aromatic nitrogens is 1. The van der Waals surface area contributed by atoms with Crippen LogP contribution < -0.4 is 15.0 Å². The maximum absolute atomic E-state index is 13.0. The number of nitrogens with one attached hydrogen (secondary N) is 1. The molecule has 6 rings (SSSR count). The molecular weight excluding hydrogens is 518 g/mol. The molecule has 3 aliphatic rings. The average molecular weight is 556 g/mol. The van der Waals surface area contributed by atoms with E-state index >= 15 is 0 Å². The number of anilines is 1. The van der Waals surface area contributed by atoms with E-state index in [9.17, 15) is 9.59 Å². The van der Waals surface area contributed by atoms with Crippen molar-refractivity contribution in [1.82, 2.24) is 10.3 Å². The second-order valence-corrected chi connectivity index (χ2v) is 12.8. The maximum Gasteiger partial charge on any atom is 0.408 e. The fraction of sp³-hybridized carbons (Fsp3) is 0.424.